The van der Waals surface area contributed by atoms with Crippen LogP contribution in [0.3, 0.4) is 0 Å². The Labute approximate surface area is 165 Å². The lowest BCUT2D eigenvalue weighted by Crippen LogP contribution is -2.48. The van der Waals surface area contributed by atoms with Gasteiger partial charge in [0, 0.05) is 6.04 Å². The molecular weight excluding hydrogens is 346 g/mol. The molecule has 3 heteroatoms. The van der Waals surface area contributed by atoms with Crippen molar-refractivity contribution >= 4 is 5.97 Å². The second kappa shape index (κ2) is 6.61. The Bertz CT molecular complexity index is 982. The Balaban J connectivity index is 1.69. The number of hydrogen-bond acceptors (Lipinski definition) is 2. The van der Waals surface area contributed by atoms with Gasteiger partial charge in [0.2, 0.25) is 0 Å². The van der Waals surface area contributed by atoms with E-state index in [9.17, 15) is 9.90 Å². The number of carboxylic acids is 1. The van der Waals surface area contributed by atoms with Crippen molar-refractivity contribution in [1.29, 1.82) is 0 Å². The molecule has 5 rings (SSSR count). The van der Waals surface area contributed by atoms with Gasteiger partial charge in [0.1, 0.15) is 0 Å². The molecule has 3 aromatic carbocycles. The third-order valence-electron chi connectivity index (χ3n) is 6.36. The van der Waals surface area contributed by atoms with Gasteiger partial charge >= 0.3 is 5.97 Å². The van der Waals surface area contributed by atoms with Gasteiger partial charge in [-0.15, -0.1) is 0 Å². The van der Waals surface area contributed by atoms with Crippen LogP contribution in [-0.2, 0) is 10.3 Å². The van der Waals surface area contributed by atoms with Crippen LogP contribution in [0, 0.1) is 5.92 Å². The van der Waals surface area contributed by atoms with Crippen LogP contribution in [0.1, 0.15) is 36.0 Å². The third-order valence-corrected chi connectivity index (χ3v) is 6.36. The Morgan fingerprint density at radius 3 is 1.96 bits per heavy atom. The highest BCUT2D eigenvalue weighted by Gasteiger charge is 2.46. The summed E-state index contributed by atoms with van der Waals surface area (Å²) in [5.74, 6) is -0.928. The topological polar surface area (TPSA) is 49.3 Å². The van der Waals surface area contributed by atoms with Crippen molar-refractivity contribution in [2.45, 2.75) is 30.8 Å². The molecule has 0 saturated heterocycles. The van der Waals surface area contributed by atoms with Crippen molar-refractivity contribution in [3.05, 3.63) is 95.6 Å². The second-order valence-corrected chi connectivity index (χ2v) is 7.90. The van der Waals surface area contributed by atoms with Crippen molar-refractivity contribution in [2.75, 3.05) is 0 Å². The van der Waals surface area contributed by atoms with Crippen LogP contribution >= 0.6 is 0 Å². The van der Waals surface area contributed by atoms with E-state index in [2.05, 4.69) is 78.1 Å². The van der Waals surface area contributed by atoms with E-state index in [1.54, 1.807) is 0 Å². The Kier molecular flexibility index (Phi) is 4.06. The first-order valence-corrected chi connectivity index (χ1v) is 9.95. The number of fused-ring (bicyclic) bond motifs is 3. The molecule has 2 N–H and O–H groups in total. The summed E-state index contributed by atoms with van der Waals surface area (Å²) in [7, 11) is 0. The molecular formula is C25H23NO2. The molecule has 0 unspecified atom stereocenters. The predicted molar refractivity (Wildman–Crippen MR) is 110 cm³/mol. The summed E-state index contributed by atoms with van der Waals surface area (Å²) in [5, 5.41) is 13.4. The highest BCUT2D eigenvalue weighted by Crippen LogP contribution is 2.51. The fourth-order valence-electron chi connectivity index (χ4n) is 5.12. The lowest BCUT2D eigenvalue weighted by atomic mass is 9.80. The molecule has 0 amide bonds. The van der Waals surface area contributed by atoms with E-state index in [1.807, 2.05) is 6.07 Å². The van der Waals surface area contributed by atoms with E-state index in [-0.39, 0.29) is 12.0 Å². The average molecular weight is 369 g/mol. The van der Waals surface area contributed by atoms with Crippen LogP contribution in [0.15, 0.2) is 78.9 Å². The molecule has 0 radical (unpaired) electrons. The van der Waals surface area contributed by atoms with Gasteiger partial charge in [-0.25, -0.2) is 0 Å². The summed E-state index contributed by atoms with van der Waals surface area (Å²) in [6.07, 6.45) is 2.30. The van der Waals surface area contributed by atoms with Gasteiger partial charge in [-0.1, -0.05) is 78.9 Å². The number of rotatable bonds is 4. The largest absolute Gasteiger partial charge is 0.481 e. The van der Waals surface area contributed by atoms with Gasteiger partial charge in [-0.3, -0.25) is 10.1 Å². The van der Waals surface area contributed by atoms with E-state index in [0.29, 0.717) is 6.42 Å². The summed E-state index contributed by atoms with van der Waals surface area (Å²) in [6, 6.07) is 27.9. The normalized spacial score (nSPS) is 21.9. The fourth-order valence-corrected chi connectivity index (χ4v) is 5.12. The average Bonchev–Trinajstić information content (AvgIpc) is 3.32. The molecule has 0 bridgehead atoms. The summed E-state index contributed by atoms with van der Waals surface area (Å²) in [6.45, 7) is 0. The predicted octanol–water partition coefficient (Wildman–Crippen LogP) is 4.80. The second-order valence-electron chi connectivity index (χ2n) is 7.90. The molecule has 28 heavy (non-hydrogen) atoms. The first-order valence-electron chi connectivity index (χ1n) is 9.95. The minimum atomic E-state index is -0.676. The summed E-state index contributed by atoms with van der Waals surface area (Å²) < 4.78 is 0. The SMILES string of the molecule is O=C(O)[C@@H]1CC[C@H](NC2(c3ccccc3)c3ccccc3-c3ccccc32)C1. The third kappa shape index (κ3) is 2.50. The summed E-state index contributed by atoms with van der Waals surface area (Å²) in [4.78, 5) is 11.5. The molecule has 0 aliphatic heterocycles. The van der Waals surface area contributed by atoms with Crippen LogP contribution in [0.25, 0.3) is 11.1 Å². The minimum Gasteiger partial charge on any atom is -0.481 e. The highest BCUT2D eigenvalue weighted by atomic mass is 16.4. The maximum absolute atomic E-state index is 11.5. The zero-order valence-electron chi connectivity index (χ0n) is 15.6. The first kappa shape index (κ1) is 17.2. The highest BCUT2D eigenvalue weighted by molar-refractivity contribution is 5.83. The molecule has 0 heterocycles. The van der Waals surface area contributed by atoms with Crippen molar-refractivity contribution in [2.24, 2.45) is 5.92 Å². The van der Waals surface area contributed by atoms with Gasteiger partial charge in [0.05, 0.1) is 11.5 Å². The number of aliphatic carboxylic acids is 1. The van der Waals surface area contributed by atoms with Crippen LogP contribution < -0.4 is 5.32 Å². The summed E-state index contributed by atoms with van der Waals surface area (Å²) in [5.41, 5.74) is 5.75. The molecule has 2 atom stereocenters. The first-order chi connectivity index (χ1) is 13.7. The lowest BCUT2D eigenvalue weighted by molar-refractivity contribution is -0.141. The smallest absolute Gasteiger partial charge is 0.306 e. The number of nitrogens with one attached hydrogen (secondary N) is 1. The van der Waals surface area contributed by atoms with E-state index in [4.69, 9.17) is 0 Å². The Morgan fingerprint density at radius 1 is 0.821 bits per heavy atom. The van der Waals surface area contributed by atoms with Crippen LogP contribution in [0.5, 0.6) is 0 Å². The Hall–Kier alpha value is -2.91. The maximum Gasteiger partial charge on any atom is 0.306 e. The van der Waals surface area contributed by atoms with Gasteiger partial charge < -0.3 is 5.11 Å². The number of carbonyl (C=O) groups is 1. The van der Waals surface area contributed by atoms with Crippen molar-refractivity contribution < 1.29 is 9.90 Å². The number of carboxylic acid groups (broad SMARTS) is 1. The molecule has 3 nitrogen and oxygen atoms in total. The van der Waals surface area contributed by atoms with E-state index >= 15 is 0 Å². The molecule has 0 spiro atoms. The molecule has 0 aromatic heterocycles. The number of hydrogen-bond donors (Lipinski definition) is 2. The maximum atomic E-state index is 11.5. The molecule has 1 fully saturated rings. The molecule has 2 aliphatic carbocycles. The monoisotopic (exact) mass is 369 g/mol. The Morgan fingerprint density at radius 2 is 1.39 bits per heavy atom. The van der Waals surface area contributed by atoms with Gasteiger partial charge in [0.25, 0.3) is 0 Å². The summed E-state index contributed by atoms with van der Waals surface area (Å²) >= 11 is 0. The van der Waals surface area contributed by atoms with Gasteiger partial charge in [0.15, 0.2) is 0 Å². The quantitative estimate of drug-likeness (QED) is 0.694. The van der Waals surface area contributed by atoms with Crippen molar-refractivity contribution in [1.82, 2.24) is 5.32 Å². The van der Waals surface area contributed by atoms with E-state index < -0.39 is 11.5 Å². The van der Waals surface area contributed by atoms with E-state index in [0.717, 1.165) is 12.8 Å². The minimum absolute atomic E-state index is 0.167. The standard InChI is InChI=1S/C25H23NO2/c27-24(28)17-14-15-19(16-17)26-25(18-8-2-1-3-9-18)22-12-6-4-10-20(22)21-11-5-7-13-23(21)25/h1-13,17,19,26H,14-16H2,(H,27,28)/t17-,19+/m1/s1. The zero-order valence-corrected chi connectivity index (χ0v) is 15.6. The van der Waals surface area contributed by atoms with Crippen molar-refractivity contribution in [3.8, 4) is 11.1 Å². The van der Waals surface area contributed by atoms with Crippen molar-refractivity contribution in [3.63, 3.8) is 0 Å². The lowest BCUT2D eigenvalue weighted by Gasteiger charge is -2.37. The zero-order chi connectivity index (χ0) is 19.1. The molecule has 3 aromatic rings. The van der Waals surface area contributed by atoms with E-state index in [1.165, 1.54) is 27.8 Å². The van der Waals surface area contributed by atoms with Crippen LogP contribution in [0.4, 0.5) is 0 Å². The molecule has 2 aliphatic rings. The van der Waals surface area contributed by atoms with Crippen LogP contribution in [-0.4, -0.2) is 17.1 Å². The molecule has 140 valence electrons. The molecule has 1 saturated carbocycles. The number of benzene rings is 3. The van der Waals surface area contributed by atoms with Gasteiger partial charge in [-0.05, 0) is 47.1 Å². The fraction of sp³-hybridized carbons (Fsp3) is 0.240. The van der Waals surface area contributed by atoms with Gasteiger partial charge in [-0.2, -0.15) is 0 Å². The van der Waals surface area contributed by atoms with Crippen LogP contribution in [0.2, 0.25) is 0 Å².